The highest BCUT2D eigenvalue weighted by Gasteiger charge is 2.09. The van der Waals surface area contributed by atoms with Crippen LogP contribution in [0.25, 0.3) is 0 Å². The average molecular weight is 313 g/mol. The zero-order chi connectivity index (χ0) is 17.0. The van der Waals surface area contributed by atoms with Gasteiger partial charge in [-0.25, -0.2) is 9.97 Å². The minimum atomic E-state index is -0.134. The number of carbonyl (C=O) groups is 1. The van der Waals surface area contributed by atoms with Gasteiger partial charge >= 0.3 is 0 Å². The minimum Gasteiger partial charge on any atom is -0.378 e. The van der Waals surface area contributed by atoms with Crippen molar-refractivity contribution in [1.29, 1.82) is 0 Å². The average Bonchev–Trinajstić information content (AvgIpc) is 2.52. The molecule has 0 unspecified atom stereocenters. The molecule has 2 aromatic rings. The highest BCUT2D eigenvalue weighted by Crippen LogP contribution is 2.13. The monoisotopic (exact) mass is 313 g/mol. The summed E-state index contributed by atoms with van der Waals surface area (Å²) >= 11 is 0. The molecule has 0 saturated carbocycles. The van der Waals surface area contributed by atoms with Gasteiger partial charge in [0.05, 0.1) is 6.54 Å². The van der Waals surface area contributed by atoms with Crippen molar-refractivity contribution < 1.29 is 4.79 Å². The van der Waals surface area contributed by atoms with Crippen LogP contribution in [0.5, 0.6) is 0 Å². The van der Waals surface area contributed by atoms with Crippen LogP contribution in [-0.4, -0.2) is 44.1 Å². The zero-order valence-corrected chi connectivity index (χ0v) is 14.3. The number of rotatable bonds is 5. The van der Waals surface area contributed by atoms with Gasteiger partial charge in [0.15, 0.2) is 0 Å². The maximum Gasteiger partial charge on any atom is 0.251 e. The first-order valence-corrected chi connectivity index (χ1v) is 7.44. The fraction of sp³-hybridized carbons (Fsp3) is 0.353. The number of aromatic nitrogens is 2. The molecule has 122 valence electrons. The van der Waals surface area contributed by atoms with Gasteiger partial charge in [0, 0.05) is 51.2 Å². The molecule has 2 rings (SSSR count). The molecule has 0 saturated heterocycles. The van der Waals surface area contributed by atoms with Gasteiger partial charge in [0.1, 0.15) is 11.6 Å². The van der Waals surface area contributed by atoms with Crippen molar-refractivity contribution in [2.24, 2.45) is 0 Å². The lowest BCUT2D eigenvalue weighted by Crippen LogP contribution is -2.25. The van der Waals surface area contributed by atoms with Gasteiger partial charge in [-0.15, -0.1) is 0 Å². The first-order chi connectivity index (χ1) is 10.9. The molecule has 0 atom stereocenters. The Hall–Kier alpha value is -2.63. The molecule has 0 bridgehead atoms. The van der Waals surface area contributed by atoms with Gasteiger partial charge in [0.25, 0.3) is 5.91 Å². The van der Waals surface area contributed by atoms with E-state index in [4.69, 9.17) is 0 Å². The first kappa shape index (κ1) is 16.7. The highest BCUT2D eigenvalue weighted by atomic mass is 16.1. The second-order valence-corrected chi connectivity index (χ2v) is 5.81. The molecular weight excluding hydrogens is 290 g/mol. The van der Waals surface area contributed by atoms with Crippen LogP contribution in [0.15, 0.2) is 30.3 Å². The van der Waals surface area contributed by atoms with Gasteiger partial charge in [-0.3, -0.25) is 4.79 Å². The number of benzene rings is 1. The fourth-order valence-electron chi connectivity index (χ4n) is 2.11. The lowest BCUT2D eigenvalue weighted by Gasteiger charge is -2.14. The molecule has 0 radical (unpaired) electrons. The Morgan fingerprint density at radius 2 is 1.83 bits per heavy atom. The van der Waals surface area contributed by atoms with Crippen molar-refractivity contribution in [2.45, 2.75) is 13.5 Å². The molecule has 6 nitrogen and oxygen atoms in total. The summed E-state index contributed by atoms with van der Waals surface area (Å²) in [6, 6.07) is 9.40. The topological polar surface area (TPSA) is 61.4 Å². The molecule has 23 heavy (non-hydrogen) atoms. The van der Waals surface area contributed by atoms with Crippen molar-refractivity contribution in [3.8, 4) is 0 Å². The van der Waals surface area contributed by atoms with E-state index in [9.17, 15) is 4.79 Å². The van der Waals surface area contributed by atoms with Crippen LogP contribution in [0.3, 0.4) is 0 Å². The number of hydrogen-bond acceptors (Lipinski definition) is 5. The predicted molar refractivity (Wildman–Crippen MR) is 93.0 cm³/mol. The summed E-state index contributed by atoms with van der Waals surface area (Å²) in [5.41, 5.74) is 2.48. The van der Waals surface area contributed by atoms with E-state index >= 15 is 0 Å². The molecule has 0 aliphatic heterocycles. The predicted octanol–water partition coefficient (Wildman–Crippen LogP) is 1.85. The molecule has 1 N–H and O–H groups in total. The standard InChI is InChI=1S/C17H23N5O/c1-12-9-16(22(4)5)20-15(19-12)11-18-17(23)13-7-6-8-14(10-13)21(2)3/h6-10H,11H2,1-5H3,(H,18,23). The van der Waals surface area contributed by atoms with E-state index in [-0.39, 0.29) is 5.91 Å². The summed E-state index contributed by atoms with van der Waals surface area (Å²) in [7, 11) is 7.74. The van der Waals surface area contributed by atoms with E-state index < -0.39 is 0 Å². The second kappa shape index (κ2) is 7.09. The van der Waals surface area contributed by atoms with Crippen LogP contribution in [-0.2, 0) is 6.54 Å². The van der Waals surface area contributed by atoms with E-state index in [1.165, 1.54) is 0 Å². The number of carbonyl (C=O) groups excluding carboxylic acids is 1. The zero-order valence-electron chi connectivity index (χ0n) is 14.3. The van der Waals surface area contributed by atoms with E-state index in [0.717, 1.165) is 17.2 Å². The van der Waals surface area contributed by atoms with Crippen molar-refractivity contribution in [1.82, 2.24) is 15.3 Å². The third kappa shape index (κ3) is 4.42. The quantitative estimate of drug-likeness (QED) is 0.913. The SMILES string of the molecule is Cc1cc(N(C)C)nc(CNC(=O)c2cccc(N(C)C)c2)n1. The maximum atomic E-state index is 12.3. The van der Waals surface area contributed by atoms with Crippen LogP contribution in [0.4, 0.5) is 11.5 Å². The third-order valence-corrected chi connectivity index (χ3v) is 3.38. The fourth-order valence-corrected chi connectivity index (χ4v) is 2.11. The molecule has 0 aliphatic carbocycles. The number of hydrogen-bond donors (Lipinski definition) is 1. The summed E-state index contributed by atoms with van der Waals surface area (Å²) in [4.78, 5) is 25.0. The molecule has 0 spiro atoms. The summed E-state index contributed by atoms with van der Waals surface area (Å²) in [6.07, 6.45) is 0. The molecule has 1 amide bonds. The van der Waals surface area contributed by atoms with Gasteiger partial charge in [0.2, 0.25) is 0 Å². The van der Waals surface area contributed by atoms with Gasteiger partial charge < -0.3 is 15.1 Å². The van der Waals surface area contributed by atoms with Crippen molar-refractivity contribution in [3.63, 3.8) is 0 Å². The van der Waals surface area contributed by atoms with Gasteiger partial charge in [-0.1, -0.05) is 6.07 Å². The number of nitrogens with one attached hydrogen (secondary N) is 1. The summed E-state index contributed by atoms with van der Waals surface area (Å²) < 4.78 is 0. The molecule has 0 aliphatic rings. The number of amides is 1. The van der Waals surface area contributed by atoms with E-state index in [1.807, 2.05) is 69.2 Å². The lowest BCUT2D eigenvalue weighted by molar-refractivity contribution is 0.0950. The van der Waals surface area contributed by atoms with E-state index in [1.54, 1.807) is 6.07 Å². The Kier molecular flexibility index (Phi) is 5.16. The van der Waals surface area contributed by atoms with Crippen LogP contribution >= 0.6 is 0 Å². The Morgan fingerprint density at radius 1 is 1.09 bits per heavy atom. The number of nitrogens with zero attached hydrogens (tertiary/aromatic N) is 4. The Morgan fingerprint density at radius 3 is 2.48 bits per heavy atom. The van der Waals surface area contributed by atoms with Crippen LogP contribution in [0.1, 0.15) is 21.9 Å². The molecule has 6 heteroatoms. The van der Waals surface area contributed by atoms with Gasteiger partial charge in [-0.05, 0) is 25.1 Å². The summed E-state index contributed by atoms with van der Waals surface area (Å²) in [5.74, 6) is 1.30. The van der Waals surface area contributed by atoms with E-state index in [2.05, 4.69) is 15.3 Å². The number of aryl methyl sites for hydroxylation is 1. The Bertz CT molecular complexity index is 697. The first-order valence-electron chi connectivity index (χ1n) is 7.44. The van der Waals surface area contributed by atoms with Crippen molar-refractivity contribution in [3.05, 3.63) is 47.4 Å². The normalized spacial score (nSPS) is 10.3. The largest absolute Gasteiger partial charge is 0.378 e. The van der Waals surface area contributed by atoms with Crippen LogP contribution in [0, 0.1) is 6.92 Å². The molecule has 1 aromatic carbocycles. The van der Waals surface area contributed by atoms with Crippen LogP contribution in [0.2, 0.25) is 0 Å². The minimum absolute atomic E-state index is 0.134. The maximum absolute atomic E-state index is 12.3. The summed E-state index contributed by atoms with van der Waals surface area (Å²) in [6.45, 7) is 2.22. The molecule has 1 heterocycles. The smallest absolute Gasteiger partial charge is 0.251 e. The molecule has 0 fully saturated rings. The second-order valence-electron chi connectivity index (χ2n) is 5.81. The van der Waals surface area contributed by atoms with Crippen molar-refractivity contribution in [2.75, 3.05) is 38.0 Å². The van der Waals surface area contributed by atoms with Crippen molar-refractivity contribution >= 4 is 17.4 Å². The van der Waals surface area contributed by atoms with Gasteiger partial charge in [-0.2, -0.15) is 0 Å². The molecular formula is C17H23N5O. The third-order valence-electron chi connectivity index (χ3n) is 3.38. The van der Waals surface area contributed by atoms with E-state index in [0.29, 0.717) is 17.9 Å². The Balaban J connectivity index is 2.09. The molecule has 1 aromatic heterocycles. The Labute approximate surface area is 137 Å². The highest BCUT2D eigenvalue weighted by molar-refractivity contribution is 5.95. The van der Waals surface area contributed by atoms with Crippen LogP contribution < -0.4 is 15.1 Å². The lowest BCUT2D eigenvalue weighted by atomic mass is 10.2. The summed E-state index contributed by atoms with van der Waals surface area (Å²) in [5, 5.41) is 2.87. The number of anilines is 2.